The van der Waals surface area contributed by atoms with Gasteiger partial charge in [0.15, 0.2) is 0 Å². The van der Waals surface area contributed by atoms with E-state index < -0.39 is 11.8 Å². The molecule has 0 aliphatic carbocycles. The van der Waals surface area contributed by atoms with Crippen molar-refractivity contribution in [1.82, 2.24) is 15.8 Å². The summed E-state index contributed by atoms with van der Waals surface area (Å²) in [5.74, 6) is -1.42. The number of carbonyl (C=O) groups excluding carboxylic acids is 2. The minimum absolute atomic E-state index is 0.617. The lowest BCUT2D eigenvalue weighted by Gasteiger charge is -2.22. The molecule has 1 aliphatic heterocycles. The van der Waals surface area contributed by atoms with Crippen LogP contribution in [0.1, 0.15) is 6.42 Å². The number of nitrogens with one attached hydrogen (secondary N) is 3. The average molecular weight is 324 g/mol. The van der Waals surface area contributed by atoms with Crippen LogP contribution < -0.4 is 16.2 Å². The van der Waals surface area contributed by atoms with Gasteiger partial charge in [0.2, 0.25) is 0 Å². The Morgan fingerprint density at radius 2 is 1.83 bits per heavy atom. The van der Waals surface area contributed by atoms with Gasteiger partial charge in [-0.25, -0.2) is 0 Å². The minimum Gasteiger partial charge on any atom is -0.317 e. The van der Waals surface area contributed by atoms with E-state index in [1.165, 1.54) is 0 Å². The second kappa shape index (κ2) is 7.14. The standard InChI is InChI=1S/C18H20N4O2/c1-22-11-9-14(10-12-22)20-21-18(24)17(23)19-16-8-4-6-13-5-2-3-7-15(13)16/h2-9,20H,10-12H2,1H3,(H,19,23)(H,21,24). The van der Waals surface area contributed by atoms with Crippen molar-refractivity contribution in [2.75, 3.05) is 25.5 Å². The summed E-state index contributed by atoms with van der Waals surface area (Å²) in [6.07, 6.45) is 2.80. The Hall–Kier alpha value is -2.86. The van der Waals surface area contributed by atoms with Crippen molar-refractivity contribution in [2.24, 2.45) is 0 Å². The fourth-order valence-corrected chi connectivity index (χ4v) is 2.59. The Bertz CT molecular complexity index is 795. The van der Waals surface area contributed by atoms with E-state index in [-0.39, 0.29) is 0 Å². The Labute approximate surface area is 140 Å². The maximum atomic E-state index is 12.1. The van der Waals surface area contributed by atoms with E-state index in [1.807, 2.05) is 49.5 Å². The van der Waals surface area contributed by atoms with E-state index in [4.69, 9.17) is 0 Å². The molecule has 0 aromatic heterocycles. The second-order valence-electron chi connectivity index (χ2n) is 5.80. The number of hydrazine groups is 1. The van der Waals surface area contributed by atoms with Gasteiger partial charge in [-0.05, 0) is 24.6 Å². The number of carbonyl (C=O) groups is 2. The van der Waals surface area contributed by atoms with Gasteiger partial charge in [0.05, 0.1) is 0 Å². The Balaban J connectivity index is 1.61. The zero-order valence-electron chi connectivity index (χ0n) is 13.5. The quantitative estimate of drug-likeness (QED) is 0.592. The number of fused-ring (bicyclic) bond motifs is 1. The van der Waals surface area contributed by atoms with Gasteiger partial charge < -0.3 is 15.6 Å². The van der Waals surface area contributed by atoms with Crippen LogP contribution in [0, 0.1) is 0 Å². The molecule has 3 rings (SSSR count). The zero-order valence-corrected chi connectivity index (χ0v) is 13.5. The van der Waals surface area contributed by atoms with E-state index in [9.17, 15) is 9.59 Å². The number of benzene rings is 2. The molecule has 2 aromatic carbocycles. The molecule has 0 saturated heterocycles. The summed E-state index contributed by atoms with van der Waals surface area (Å²) in [4.78, 5) is 26.2. The SMILES string of the molecule is CN1CC=C(NNC(=O)C(=O)Nc2cccc3ccccc23)CC1. The van der Waals surface area contributed by atoms with Gasteiger partial charge in [-0.1, -0.05) is 36.4 Å². The fraction of sp³-hybridized carbons (Fsp3) is 0.222. The molecular formula is C18H20N4O2. The Kier molecular flexibility index (Phi) is 4.77. The van der Waals surface area contributed by atoms with Crippen molar-refractivity contribution in [3.8, 4) is 0 Å². The maximum Gasteiger partial charge on any atom is 0.327 e. The highest BCUT2D eigenvalue weighted by Crippen LogP contribution is 2.22. The summed E-state index contributed by atoms with van der Waals surface area (Å²) in [6.45, 7) is 1.73. The van der Waals surface area contributed by atoms with Gasteiger partial charge >= 0.3 is 11.8 Å². The molecule has 24 heavy (non-hydrogen) atoms. The van der Waals surface area contributed by atoms with Crippen molar-refractivity contribution < 1.29 is 9.59 Å². The van der Waals surface area contributed by atoms with Crippen molar-refractivity contribution in [1.29, 1.82) is 0 Å². The molecule has 6 heteroatoms. The van der Waals surface area contributed by atoms with E-state index in [1.54, 1.807) is 6.07 Å². The third-order valence-corrected chi connectivity index (χ3v) is 3.99. The molecule has 0 unspecified atom stereocenters. The predicted octanol–water partition coefficient (Wildman–Crippen LogP) is 1.62. The van der Waals surface area contributed by atoms with Crippen LogP contribution in [0.5, 0.6) is 0 Å². The number of amides is 2. The summed E-state index contributed by atoms with van der Waals surface area (Å²) in [6, 6.07) is 13.3. The van der Waals surface area contributed by atoms with Crippen molar-refractivity contribution in [3.63, 3.8) is 0 Å². The molecule has 0 bridgehead atoms. The van der Waals surface area contributed by atoms with Crippen LogP contribution in [-0.4, -0.2) is 36.9 Å². The Morgan fingerprint density at radius 1 is 1.04 bits per heavy atom. The van der Waals surface area contributed by atoms with E-state index in [0.717, 1.165) is 36.0 Å². The first-order valence-electron chi connectivity index (χ1n) is 7.86. The van der Waals surface area contributed by atoms with Crippen molar-refractivity contribution in [3.05, 3.63) is 54.2 Å². The smallest absolute Gasteiger partial charge is 0.317 e. The first kappa shape index (κ1) is 16.0. The largest absolute Gasteiger partial charge is 0.327 e. The number of nitrogens with zero attached hydrogens (tertiary/aromatic N) is 1. The molecule has 0 atom stereocenters. The predicted molar refractivity (Wildman–Crippen MR) is 94.1 cm³/mol. The van der Waals surface area contributed by atoms with Gasteiger partial charge in [-0.3, -0.25) is 15.0 Å². The third-order valence-electron chi connectivity index (χ3n) is 3.99. The minimum atomic E-state index is -0.720. The van der Waals surface area contributed by atoms with Crippen LogP contribution in [0.2, 0.25) is 0 Å². The monoisotopic (exact) mass is 324 g/mol. The molecule has 2 amide bonds. The third kappa shape index (κ3) is 3.72. The number of hydrogen-bond acceptors (Lipinski definition) is 4. The van der Waals surface area contributed by atoms with E-state index in [2.05, 4.69) is 21.1 Å². The molecule has 0 radical (unpaired) electrons. The van der Waals surface area contributed by atoms with Crippen molar-refractivity contribution in [2.45, 2.75) is 6.42 Å². The van der Waals surface area contributed by atoms with Gasteiger partial charge in [-0.15, -0.1) is 0 Å². The zero-order chi connectivity index (χ0) is 16.9. The molecule has 0 spiro atoms. The summed E-state index contributed by atoms with van der Waals surface area (Å²) in [5.41, 5.74) is 6.80. The molecule has 1 aliphatic rings. The first-order chi connectivity index (χ1) is 11.6. The van der Waals surface area contributed by atoms with Crippen LogP contribution in [0.15, 0.2) is 54.2 Å². The average Bonchev–Trinajstić information content (AvgIpc) is 2.61. The number of anilines is 1. The summed E-state index contributed by atoms with van der Waals surface area (Å²) < 4.78 is 0. The topological polar surface area (TPSA) is 73.5 Å². The molecule has 0 saturated carbocycles. The molecule has 6 nitrogen and oxygen atoms in total. The normalized spacial score (nSPS) is 14.8. The van der Waals surface area contributed by atoms with Crippen LogP contribution in [0.4, 0.5) is 5.69 Å². The lowest BCUT2D eigenvalue weighted by atomic mass is 10.1. The molecular weight excluding hydrogens is 304 g/mol. The van der Waals surface area contributed by atoms with Crippen LogP contribution in [0.25, 0.3) is 10.8 Å². The van der Waals surface area contributed by atoms with Gasteiger partial charge in [-0.2, -0.15) is 0 Å². The van der Waals surface area contributed by atoms with Crippen LogP contribution in [0.3, 0.4) is 0 Å². The van der Waals surface area contributed by atoms with Gasteiger partial charge in [0, 0.05) is 36.3 Å². The highest BCUT2D eigenvalue weighted by atomic mass is 16.2. The second-order valence-corrected chi connectivity index (χ2v) is 5.80. The highest BCUT2D eigenvalue weighted by molar-refractivity contribution is 6.40. The van der Waals surface area contributed by atoms with E-state index in [0.29, 0.717) is 5.69 Å². The summed E-state index contributed by atoms with van der Waals surface area (Å²) >= 11 is 0. The molecule has 0 fully saturated rings. The summed E-state index contributed by atoms with van der Waals surface area (Å²) in [5, 5.41) is 4.56. The number of likely N-dealkylation sites (N-methyl/N-ethyl adjacent to an activating group) is 1. The Morgan fingerprint density at radius 3 is 2.62 bits per heavy atom. The molecule has 124 valence electrons. The molecule has 2 aromatic rings. The highest BCUT2D eigenvalue weighted by Gasteiger charge is 2.15. The first-order valence-corrected chi connectivity index (χ1v) is 7.86. The van der Waals surface area contributed by atoms with Crippen LogP contribution in [-0.2, 0) is 9.59 Å². The number of rotatable bonds is 3. The fourth-order valence-electron chi connectivity index (χ4n) is 2.59. The van der Waals surface area contributed by atoms with Crippen molar-refractivity contribution >= 4 is 28.3 Å². The molecule has 1 heterocycles. The van der Waals surface area contributed by atoms with Gasteiger partial charge in [0.1, 0.15) is 0 Å². The lowest BCUT2D eigenvalue weighted by Crippen LogP contribution is -2.44. The lowest BCUT2D eigenvalue weighted by molar-refractivity contribution is -0.136. The summed E-state index contributed by atoms with van der Waals surface area (Å²) in [7, 11) is 2.03. The maximum absolute atomic E-state index is 12.1. The number of hydrogen-bond donors (Lipinski definition) is 3. The van der Waals surface area contributed by atoms with Gasteiger partial charge in [0.25, 0.3) is 0 Å². The van der Waals surface area contributed by atoms with E-state index >= 15 is 0 Å². The van der Waals surface area contributed by atoms with Crippen LogP contribution >= 0.6 is 0 Å². The molecule has 3 N–H and O–H groups in total.